The van der Waals surface area contributed by atoms with Crippen molar-refractivity contribution in [2.45, 2.75) is 31.8 Å². The standard InChI is InChI=1S/C23H25N5O4S/c1-16(30)26-18-8-5-9-19(10-18)27-22(32)15-33-23-25-12-20(14-29)28(23)13-21(31)24-11-17-6-3-2-4-7-17/h2-10,12,29H,11,13-15H2,1H3,(H,24,31)(H,26,30)(H,27,32). The molecule has 0 fully saturated rings. The Balaban J connectivity index is 1.56. The molecule has 3 aromatic rings. The lowest BCUT2D eigenvalue weighted by molar-refractivity contribution is -0.122. The Morgan fingerprint density at radius 1 is 1.00 bits per heavy atom. The van der Waals surface area contributed by atoms with E-state index in [9.17, 15) is 19.5 Å². The van der Waals surface area contributed by atoms with Crippen LogP contribution in [0.1, 0.15) is 18.2 Å². The lowest BCUT2D eigenvalue weighted by Gasteiger charge is -2.11. The average molecular weight is 468 g/mol. The van der Waals surface area contributed by atoms with E-state index in [1.54, 1.807) is 28.8 Å². The van der Waals surface area contributed by atoms with Crippen molar-refractivity contribution < 1.29 is 19.5 Å². The quantitative estimate of drug-likeness (QED) is 0.339. The smallest absolute Gasteiger partial charge is 0.240 e. The summed E-state index contributed by atoms with van der Waals surface area (Å²) in [7, 11) is 0. The lowest BCUT2D eigenvalue weighted by atomic mass is 10.2. The van der Waals surface area contributed by atoms with Gasteiger partial charge in [-0.25, -0.2) is 4.98 Å². The van der Waals surface area contributed by atoms with Gasteiger partial charge in [-0.3, -0.25) is 14.4 Å². The minimum atomic E-state index is -0.276. The predicted octanol–water partition coefficient (Wildman–Crippen LogP) is 2.38. The van der Waals surface area contributed by atoms with Gasteiger partial charge in [0.1, 0.15) is 6.54 Å². The first-order chi connectivity index (χ1) is 15.9. The first-order valence-corrected chi connectivity index (χ1v) is 11.2. The van der Waals surface area contributed by atoms with E-state index in [4.69, 9.17) is 0 Å². The summed E-state index contributed by atoms with van der Waals surface area (Å²) in [6, 6.07) is 16.4. The molecule has 3 amide bonds. The Hall–Kier alpha value is -3.63. The van der Waals surface area contributed by atoms with E-state index in [-0.39, 0.29) is 36.6 Å². The molecule has 0 spiro atoms. The van der Waals surface area contributed by atoms with Crippen molar-refractivity contribution in [2.24, 2.45) is 0 Å². The number of rotatable bonds is 10. The van der Waals surface area contributed by atoms with E-state index in [0.717, 1.165) is 17.3 Å². The number of hydrogen-bond acceptors (Lipinski definition) is 6. The number of thioether (sulfide) groups is 1. The number of aliphatic hydroxyl groups is 1. The summed E-state index contributed by atoms with van der Waals surface area (Å²) < 4.78 is 1.59. The SMILES string of the molecule is CC(=O)Nc1cccc(NC(=O)CSc2ncc(CO)n2CC(=O)NCc2ccccc2)c1. The van der Waals surface area contributed by atoms with Gasteiger partial charge in [0.25, 0.3) is 0 Å². The zero-order valence-electron chi connectivity index (χ0n) is 18.1. The molecule has 3 rings (SSSR count). The first kappa shape index (κ1) is 24.0. The van der Waals surface area contributed by atoms with Crippen molar-refractivity contribution in [1.82, 2.24) is 14.9 Å². The van der Waals surface area contributed by atoms with Crippen LogP contribution in [0.5, 0.6) is 0 Å². The van der Waals surface area contributed by atoms with Crippen LogP contribution in [-0.2, 0) is 34.1 Å². The molecular weight excluding hydrogens is 442 g/mol. The lowest BCUT2D eigenvalue weighted by Crippen LogP contribution is -2.28. The summed E-state index contributed by atoms with van der Waals surface area (Å²) in [6.45, 7) is 1.50. The van der Waals surface area contributed by atoms with E-state index in [1.807, 2.05) is 30.3 Å². The number of carbonyl (C=O) groups is 3. The molecule has 0 aliphatic heterocycles. The fourth-order valence-corrected chi connectivity index (χ4v) is 3.80. The van der Waals surface area contributed by atoms with Crippen LogP contribution in [0, 0.1) is 0 Å². The van der Waals surface area contributed by atoms with Crippen LogP contribution in [0.2, 0.25) is 0 Å². The van der Waals surface area contributed by atoms with Gasteiger partial charge >= 0.3 is 0 Å². The average Bonchev–Trinajstić information content (AvgIpc) is 3.18. The molecule has 2 aromatic carbocycles. The maximum atomic E-state index is 12.4. The molecule has 172 valence electrons. The van der Waals surface area contributed by atoms with Crippen molar-refractivity contribution in [3.63, 3.8) is 0 Å². The third kappa shape index (κ3) is 7.48. The van der Waals surface area contributed by atoms with Crippen molar-refractivity contribution in [2.75, 3.05) is 16.4 Å². The number of amides is 3. The highest BCUT2D eigenvalue weighted by Gasteiger charge is 2.15. The van der Waals surface area contributed by atoms with Gasteiger partial charge in [0.05, 0.1) is 24.3 Å². The molecule has 4 N–H and O–H groups in total. The molecular formula is C23H25N5O4S. The normalized spacial score (nSPS) is 10.5. The number of imidazole rings is 1. The molecule has 0 aliphatic rings. The van der Waals surface area contributed by atoms with Gasteiger partial charge in [0.2, 0.25) is 17.7 Å². The fraction of sp³-hybridized carbons (Fsp3) is 0.217. The fourth-order valence-electron chi connectivity index (χ4n) is 3.00. The van der Waals surface area contributed by atoms with E-state index in [1.165, 1.54) is 13.1 Å². The maximum absolute atomic E-state index is 12.4. The van der Waals surface area contributed by atoms with Gasteiger partial charge in [-0.2, -0.15) is 0 Å². The van der Waals surface area contributed by atoms with Gasteiger partial charge in [0.15, 0.2) is 5.16 Å². The number of anilines is 2. The highest BCUT2D eigenvalue weighted by Crippen LogP contribution is 2.20. The van der Waals surface area contributed by atoms with Gasteiger partial charge in [0, 0.05) is 24.8 Å². The Morgan fingerprint density at radius 3 is 2.42 bits per heavy atom. The van der Waals surface area contributed by atoms with Crippen molar-refractivity contribution >= 4 is 40.9 Å². The molecule has 0 unspecified atom stereocenters. The minimum Gasteiger partial charge on any atom is -0.390 e. The second-order valence-electron chi connectivity index (χ2n) is 7.14. The van der Waals surface area contributed by atoms with Gasteiger partial charge in [-0.05, 0) is 23.8 Å². The van der Waals surface area contributed by atoms with Gasteiger partial charge in [-0.15, -0.1) is 0 Å². The summed E-state index contributed by atoms with van der Waals surface area (Å²) in [5.74, 6) is -0.646. The Kier molecular flexibility index (Phi) is 8.62. The Morgan fingerprint density at radius 2 is 1.73 bits per heavy atom. The molecule has 0 bridgehead atoms. The number of hydrogen-bond donors (Lipinski definition) is 4. The monoisotopic (exact) mass is 467 g/mol. The molecule has 0 saturated carbocycles. The van der Waals surface area contributed by atoms with Crippen LogP contribution < -0.4 is 16.0 Å². The molecule has 10 heteroatoms. The van der Waals surface area contributed by atoms with Crippen molar-refractivity contribution in [1.29, 1.82) is 0 Å². The summed E-state index contributed by atoms with van der Waals surface area (Å²) in [4.78, 5) is 40.3. The Bertz CT molecular complexity index is 1120. The number of carbonyl (C=O) groups excluding carboxylic acids is 3. The summed E-state index contributed by atoms with van der Waals surface area (Å²) >= 11 is 1.16. The number of benzene rings is 2. The molecule has 9 nitrogen and oxygen atoms in total. The van der Waals surface area contributed by atoms with E-state index in [2.05, 4.69) is 20.9 Å². The number of nitrogens with one attached hydrogen (secondary N) is 3. The topological polar surface area (TPSA) is 125 Å². The zero-order valence-corrected chi connectivity index (χ0v) is 18.9. The van der Waals surface area contributed by atoms with Crippen LogP contribution in [0.15, 0.2) is 66.0 Å². The molecule has 1 heterocycles. The van der Waals surface area contributed by atoms with E-state index < -0.39 is 0 Å². The van der Waals surface area contributed by atoms with Crippen LogP contribution in [0.25, 0.3) is 0 Å². The summed E-state index contributed by atoms with van der Waals surface area (Å²) in [5, 5.41) is 18.3. The number of aromatic nitrogens is 2. The third-order valence-electron chi connectivity index (χ3n) is 4.50. The molecule has 0 atom stereocenters. The van der Waals surface area contributed by atoms with E-state index >= 15 is 0 Å². The third-order valence-corrected chi connectivity index (χ3v) is 5.49. The highest BCUT2D eigenvalue weighted by molar-refractivity contribution is 7.99. The molecule has 0 aliphatic carbocycles. The van der Waals surface area contributed by atoms with E-state index in [0.29, 0.717) is 28.8 Å². The number of nitrogens with zero attached hydrogens (tertiary/aromatic N) is 2. The second kappa shape index (κ2) is 11.8. The van der Waals surface area contributed by atoms with Crippen LogP contribution in [0.4, 0.5) is 11.4 Å². The number of aliphatic hydroxyl groups excluding tert-OH is 1. The van der Waals surface area contributed by atoms with Crippen LogP contribution in [0.3, 0.4) is 0 Å². The first-order valence-electron chi connectivity index (χ1n) is 10.2. The van der Waals surface area contributed by atoms with Crippen LogP contribution >= 0.6 is 11.8 Å². The molecule has 0 radical (unpaired) electrons. The molecule has 33 heavy (non-hydrogen) atoms. The predicted molar refractivity (Wildman–Crippen MR) is 127 cm³/mol. The molecule has 1 aromatic heterocycles. The van der Waals surface area contributed by atoms with Crippen molar-refractivity contribution in [3.05, 3.63) is 72.1 Å². The zero-order chi connectivity index (χ0) is 23.6. The summed E-state index contributed by atoms with van der Waals surface area (Å²) in [5.41, 5.74) is 2.59. The largest absolute Gasteiger partial charge is 0.390 e. The van der Waals surface area contributed by atoms with Crippen LogP contribution in [-0.4, -0.2) is 38.1 Å². The molecule has 0 saturated heterocycles. The highest BCUT2D eigenvalue weighted by atomic mass is 32.2. The maximum Gasteiger partial charge on any atom is 0.240 e. The Labute approximate surface area is 195 Å². The van der Waals surface area contributed by atoms with Gasteiger partial charge in [-0.1, -0.05) is 48.2 Å². The van der Waals surface area contributed by atoms with Gasteiger partial charge < -0.3 is 25.6 Å². The van der Waals surface area contributed by atoms with Crippen molar-refractivity contribution in [3.8, 4) is 0 Å². The summed E-state index contributed by atoms with van der Waals surface area (Å²) in [6.07, 6.45) is 1.49. The minimum absolute atomic E-state index is 0.0224. The second-order valence-corrected chi connectivity index (χ2v) is 8.08.